The van der Waals surface area contributed by atoms with Gasteiger partial charge >= 0.3 is 5.97 Å². The van der Waals surface area contributed by atoms with Gasteiger partial charge in [0, 0.05) is 11.3 Å². The summed E-state index contributed by atoms with van der Waals surface area (Å²) in [7, 11) is 0. The van der Waals surface area contributed by atoms with Gasteiger partial charge < -0.3 is 14.9 Å². The standard InChI is InChI=1S/C17H20N2O4/c1-10(17(21)22)8-13-4-6-14(7-5-13)18-16(20)9-15-11(2)19-23-12(15)3/h4-7,10H,8-9H2,1-3H3,(H,18,20)(H,21,22)/t10-/m0/s1. The van der Waals surface area contributed by atoms with Crippen LogP contribution in [-0.4, -0.2) is 22.1 Å². The van der Waals surface area contributed by atoms with E-state index in [0.717, 1.165) is 16.8 Å². The number of aromatic nitrogens is 1. The monoisotopic (exact) mass is 316 g/mol. The summed E-state index contributed by atoms with van der Waals surface area (Å²) in [5.74, 6) is -0.751. The van der Waals surface area contributed by atoms with E-state index in [-0.39, 0.29) is 12.3 Å². The topological polar surface area (TPSA) is 92.4 Å². The molecule has 1 atom stereocenters. The number of aryl methyl sites for hydroxylation is 2. The van der Waals surface area contributed by atoms with E-state index in [1.165, 1.54) is 0 Å². The number of carbonyl (C=O) groups excluding carboxylic acids is 1. The van der Waals surface area contributed by atoms with E-state index >= 15 is 0 Å². The Hall–Kier alpha value is -2.63. The Morgan fingerprint density at radius 2 is 1.91 bits per heavy atom. The van der Waals surface area contributed by atoms with Crippen LogP contribution in [0.2, 0.25) is 0 Å². The lowest BCUT2D eigenvalue weighted by Crippen LogP contribution is -2.15. The summed E-state index contributed by atoms with van der Waals surface area (Å²) in [5.41, 5.74) is 3.11. The number of anilines is 1. The molecule has 0 unspecified atom stereocenters. The molecule has 2 aromatic rings. The highest BCUT2D eigenvalue weighted by Gasteiger charge is 2.14. The van der Waals surface area contributed by atoms with Gasteiger partial charge in [0.25, 0.3) is 0 Å². The number of nitrogens with one attached hydrogen (secondary N) is 1. The number of benzene rings is 1. The Balaban J connectivity index is 1.95. The van der Waals surface area contributed by atoms with Gasteiger partial charge in [0.05, 0.1) is 18.0 Å². The Kier molecular flexibility index (Phi) is 5.16. The second kappa shape index (κ2) is 7.09. The quantitative estimate of drug-likeness (QED) is 0.855. The third-order valence-electron chi connectivity index (χ3n) is 3.72. The van der Waals surface area contributed by atoms with Gasteiger partial charge in [0.2, 0.25) is 5.91 Å². The minimum Gasteiger partial charge on any atom is -0.481 e. The molecule has 1 aromatic carbocycles. The summed E-state index contributed by atoms with van der Waals surface area (Å²) >= 11 is 0. The predicted octanol–water partition coefficient (Wildman–Crippen LogP) is 2.74. The van der Waals surface area contributed by atoms with E-state index in [1.807, 2.05) is 12.1 Å². The van der Waals surface area contributed by atoms with Gasteiger partial charge in [-0.05, 0) is 38.0 Å². The summed E-state index contributed by atoms with van der Waals surface area (Å²) < 4.78 is 5.04. The highest BCUT2D eigenvalue weighted by molar-refractivity contribution is 5.92. The Morgan fingerprint density at radius 3 is 2.43 bits per heavy atom. The van der Waals surface area contributed by atoms with Gasteiger partial charge in [0.15, 0.2) is 0 Å². The average molecular weight is 316 g/mol. The van der Waals surface area contributed by atoms with Gasteiger partial charge in [-0.2, -0.15) is 0 Å². The van der Waals surface area contributed by atoms with E-state index in [4.69, 9.17) is 9.63 Å². The van der Waals surface area contributed by atoms with E-state index < -0.39 is 11.9 Å². The number of aliphatic carboxylic acids is 1. The molecule has 2 N–H and O–H groups in total. The minimum atomic E-state index is -0.818. The molecule has 122 valence electrons. The lowest BCUT2D eigenvalue weighted by molar-refractivity contribution is -0.141. The maximum absolute atomic E-state index is 12.1. The number of nitrogens with zero attached hydrogens (tertiary/aromatic N) is 1. The molecular formula is C17H20N2O4. The molecule has 0 aliphatic carbocycles. The van der Waals surface area contributed by atoms with Gasteiger partial charge in [-0.25, -0.2) is 0 Å². The van der Waals surface area contributed by atoms with Crippen molar-refractivity contribution >= 4 is 17.6 Å². The largest absolute Gasteiger partial charge is 0.481 e. The maximum atomic E-state index is 12.1. The molecule has 0 saturated heterocycles. The van der Waals surface area contributed by atoms with Crippen LogP contribution in [0.1, 0.15) is 29.5 Å². The molecule has 1 amide bonds. The number of carboxylic acid groups (broad SMARTS) is 1. The van der Waals surface area contributed by atoms with Crippen molar-refractivity contribution in [1.29, 1.82) is 0 Å². The number of rotatable bonds is 6. The highest BCUT2D eigenvalue weighted by atomic mass is 16.5. The van der Waals surface area contributed by atoms with Crippen molar-refractivity contribution < 1.29 is 19.2 Å². The smallest absolute Gasteiger partial charge is 0.306 e. The molecule has 6 nitrogen and oxygen atoms in total. The molecule has 23 heavy (non-hydrogen) atoms. The molecule has 6 heteroatoms. The summed E-state index contributed by atoms with van der Waals surface area (Å²) in [6.45, 7) is 5.25. The van der Waals surface area contributed by atoms with Crippen molar-refractivity contribution in [1.82, 2.24) is 5.16 Å². The molecule has 0 radical (unpaired) electrons. The first kappa shape index (κ1) is 16.7. The second-order valence-electron chi connectivity index (χ2n) is 5.67. The summed E-state index contributed by atoms with van der Waals surface area (Å²) in [5, 5.41) is 15.6. The van der Waals surface area contributed by atoms with Crippen LogP contribution in [0.4, 0.5) is 5.69 Å². The van der Waals surface area contributed by atoms with E-state index in [9.17, 15) is 9.59 Å². The van der Waals surface area contributed by atoms with E-state index in [2.05, 4.69) is 10.5 Å². The predicted molar refractivity (Wildman–Crippen MR) is 85.3 cm³/mol. The molecule has 0 aliphatic heterocycles. The van der Waals surface area contributed by atoms with Crippen LogP contribution in [0.3, 0.4) is 0 Å². The third kappa shape index (κ3) is 4.42. The van der Waals surface area contributed by atoms with Crippen molar-refractivity contribution in [3.63, 3.8) is 0 Å². The first-order valence-corrected chi connectivity index (χ1v) is 7.40. The summed E-state index contributed by atoms with van der Waals surface area (Å²) in [6, 6.07) is 7.19. The van der Waals surface area contributed by atoms with Crippen LogP contribution < -0.4 is 5.32 Å². The number of hydrogen-bond donors (Lipinski definition) is 2. The van der Waals surface area contributed by atoms with Crippen LogP contribution >= 0.6 is 0 Å². The van der Waals surface area contributed by atoms with Gasteiger partial charge in [-0.3, -0.25) is 9.59 Å². The lowest BCUT2D eigenvalue weighted by Gasteiger charge is -2.08. The van der Waals surface area contributed by atoms with Crippen molar-refractivity contribution in [2.24, 2.45) is 5.92 Å². The van der Waals surface area contributed by atoms with Gasteiger partial charge in [0.1, 0.15) is 5.76 Å². The molecule has 0 bridgehead atoms. The van der Waals surface area contributed by atoms with Gasteiger partial charge in [-0.15, -0.1) is 0 Å². The average Bonchev–Trinajstić information content (AvgIpc) is 2.81. The zero-order valence-corrected chi connectivity index (χ0v) is 13.4. The normalized spacial score (nSPS) is 12.0. The van der Waals surface area contributed by atoms with Crippen LogP contribution in [0.15, 0.2) is 28.8 Å². The van der Waals surface area contributed by atoms with Crippen molar-refractivity contribution in [2.45, 2.75) is 33.6 Å². The molecule has 0 spiro atoms. The lowest BCUT2D eigenvalue weighted by atomic mass is 10.0. The highest BCUT2D eigenvalue weighted by Crippen LogP contribution is 2.16. The third-order valence-corrected chi connectivity index (χ3v) is 3.72. The Bertz CT molecular complexity index is 684. The first-order valence-electron chi connectivity index (χ1n) is 7.40. The van der Waals surface area contributed by atoms with E-state index in [0.29, 0.717) is 17.9 Å². The zero-order chi connectivity index (χ0) is 17.0. The number of amides is 1. The van der Waals surface area contributed by atoms with Crippen LogP contribution in [0, 0.1) is 19.8 Å². The zero-order valence-electron chi connectivity index (χ0n) is 13.4. The molecule has 1 aromatic heterocycles. The number of carbonyl (C=O) groups is 2. The van der Waals surface area contributed by atoms with Crippen molar-refractivity contribution in [3.8, 4) is 0 Å². The minimum absolute atomic E-state index is 0.147. The SMILES string of the molecule is Cc1noc(C)c1CC(=O)Nc1ccc(C[C@H](C)C(=O)O)cc1. The number of hydrogen-bond acceptors (Lipinski definition) is 4. The molecule has 0 fully saturated rings. The van der Waals surface area contributed by atoms with Gasteiger partial charge in [-0.1, -0.05) is 24.2 Å². The van der Waals surface area contributed by atoms with Crippen LogP contribution in [0.25, 0.3) is 0 Å². The fourth-order valence-corrected chi connectivity index (χ4v) is 2.29. The fourth-order valence-electron chi connectivity index (χ4n) is 2.29. The molecule has 0 aliphatic rings. The molecular weight excluding hydrogens is 296 g/mol. The Morgan fingerprint density at radius 1 is 1.26 bits per heavy atom. The molecule has 1 heterocycles. The van der Waals surface area contributed by atoms with Crippen LogP contribution in [-0.2, 0) is 22.4 Å². The van der Waals surface area contributed by atoms with Crippen molar-refractivity contribution in [3.05, 3.63) is 46.8 Å². The number of carboxylic acids is 1. The summed E-state index contributed by atoms with van der Waals surface area (Å²) in [4.78, 5) is 22.9. The molecule has 2 rings (SSSR count). The Labute approximate surface area is 134 Å². The summed E-state index contributed by atoms with van der Waals surface area (Å²) in [6.07, 6.45) is 0.668. The van der Waals surface area contributed by atoms with Crippen LogP contribution in [0.5, 0.6) is 0 Å². The van der Waals surface area contributed by atoms with Crippen molar-refractivity contribution in [2.75, 3.05) is 5.32 Å². The van der Waals surface area contributed by atoms with E-state index in [1.54, 1.807) is 32.9 Å². The first-order chi connectivity index (χ1) is 10.9. The molecule has 0 saturated carbocycles. The maximum Gasteiger partial charge on any atom is 0.306 e. The fraction of sp³-hybridized carbons (Fsp3) is 0.353. The second-order valence-corrected chi connectivity index (χ2v) is 5.67.